The summed E-state index contributed by atoms with van der Waals surface area (Å²) in [6.45, 7) is 6.42. The van der Waals surface area contributed by atoms with Gasteiger partial charge in [0.15, 0.2) is 0 Å². The second-order valence-electron chi connectivity index (χ2n) is 3.90. The van der Waals surface area contributed by atoms with Crippen LogP contribution in [0.15, 0.2) is 24.3 Å². The molecular weight excluding hydrogens is 182 g/mol. The first-order chi connectivity index (χ1) is 7.24. The number of benzene rings is 1. The van der Waals surface area contributed by atoms with E-state index < -0.39 is 0 Å². The van der Waals surface area contributed by atoms with Crippen LogP contribution in [0.4, 0.5) is 5.69 Å². The molecule has 0 aliphatic carbocycles. The summed E-state index contributed by atoms with van der Waals surface area (Å²) in [5, 5.41) is 3.40. The third-order valence-electron chi connectivity index (χ3n) is 1.97. The van der Waals surface area contributed by atoms with Gasteiger partial charge in [-0.1, -0.05) is 30.9 Å². The van der Waals surface area contributed by atoms with E-state index in [1.807, 2.05) is 12.1 Å². The summed E-state index contributed by atoms with van der Waals surface area (Å²) < 4.78 is 0. The standard InChI is InChI=1S/C14H19N/c1-4-5-6-9-13-10-7-8-11-14(13)15-12(2)3/h7-8,10-12,15H,4-5H2,1-3H3. The predicted molar refractivity (Wildman–Crippen MR) is 67.0 cm³/mol. The minimum Gasteiger partial charge on any atom is -0.382 e. The Morgan fingerprint density at radius 2 is 2.00 bits per heavy atom. The van der Waals surface area contributed by atoms with Gasteiger partial charge in [-0.25, -0.2) is 0 Å². The van der Waals surface area contributed by atoms with Crippen LogP contribution in [0.1, 0.15) is 39.2 Å². The van der Waals surface area contributed by atoms with Crippen molar-refractivity contribution in [2.45, 2.75) is 39.7 Å². The normalized spacial score (nSPS) is 9.60. The zero-order chi connectivity index (χ0) is 11.1. The molecule has 15 heavy (non-hydrogen) atoms. The first-order valence-electron chi connectivity index (χ1n) is 5.58. The van der Waals surface area contributed by atoms with Gasteiger partial charge in [-0.2, -0.15) is 0 Å². The van der Waals surface area contributed by atoms with Crippen molar-refractivity contribution in [3.05, 3.63) is 29.8 Å². The summed E-state index contributed by atoms with van der Waals surface area (Å²) in [5.41, 5.74) is 2.23. The number of para-hydroxylation sites is 1. The first kappa shape index (κ1) is 11.7. The Kier molecular flexibility index (Phi) is 4.77. The smallest absolute Gasteiger partial charge is 0.0501 e. The fourth-order valence-electron chi connectivity index (χ4n) is 1.31. The van der Waals surface area contributed by atoms with Gasteiger partial charge in [0.2, 0.25) is 0 Å². The highest BCUT2D eigenvalue weighted by molar-refractivity contribution is 5.59. The van der Waals surface area contributed by atoms with Crippen LogP contribution >= 0.6 is 0 Å². The highest BCUT2D eigenvalue weighted by atomic mass is 14.9. The minimum absolute atomic E-state index is 0.444. The van der Waals surface area contributed by atoms with Gasteiger partial charge in [0.1, 0.15) is 0 Å². The molecule has 0 spiro atoms. The lowest BCUT2D eigenvalue weighted by Crippen LogP contribution is -2.10. The molecule has 1 N–H and O–H groups in total. The Labute approximate surface area is 92.9 Å². The molecule has 1 heteroatoms. The van der Waals surface area contributed by atoms with E-state index in [0.717, 1.165) is 24.1 Å². The SMILES string of the molecule is CCCC#Cc1ccccc1NC(C)C. The van der Waals surface area contributed by atoms with Gasteiger partial charge < -0.3 is 5.32 Å². The Hall–Kier alpha value is -1.42. The molecule has 80 valence electrons. The molecule has 0 fully saturated rings. The molecule has 1 rings (SSSR count). The minimum atomic E-state index is 0.444. The average Bonchev–Trinajstić information content (AvgIpc) is 2.20. The maximum atomic E-state index is 3.40. The summed E-state index contributed by atoms with van der Waals surface area (Å²) in [4.78, 5) is 0. The van der Waals surface area contributed by atoms with E-state index in [2.05, 4.69) is 50.1 Å². The third kappa shape index (κ3) is 4.08. The van der Waals surface area contributed by atoms with Gasteiger partial charge in [0, 0.05) is 18.0 Å². The van der Waals surface area contributed by atoms with Crippen molar-refractivity contribution < 1.29 is 0 Å². The first-order valence-corrected chi connectivity index (χ1v) is 5.58. The Bertz CT molecular complexity index is 355. The van der Waals surface area contributed by atoms with Crippen LogP contribution in [-0.4, -0.2) is 6.04 Å². The second-order valence-corrected chi connectivity index (χ2v) is 3.90. The number of nitrogens with one attached hydrogen (secondary N) is 1. The zero-order valence-electron chi connectivity index (χ0n) is 9.80. The summed E-state index contributed by atoms with van der Waals surface area (Å²) in [7, 11) is 0. The van der Waals surface area contributed by atoms with Gasteiger partial charge in [0.25, 0.3) is 0 Å². The third-order valence-corrected chi connectivity index (χ3v) is 1.97. The summed E-state index contributed by atoms with van der Waals surface area (Å²) >= 11 is 0. The van der Waals surface area contributed by atoms with Crippen molar-refractivity contribution in [2.75, 3.05) is 5.32 Å². The second kappa shape index (κ2) is 6.14. The van der Waals surface area contributed by atoms with Crippen LogP contribution in [0.2, 0.25) is 0 Å². The number of hydrogen-bond acceptors (Lipinski definition) is 1. The molecule has 1 nitrogen and oxygen atoms in total. The van der Waals surface area contributed by atoms with Crippen molar-refractivity contribution in [3.63, 3.8) is 0 Å². The van der Waals surface area contributed by atoms with Gasteiger partial charge in [-0.3, -0.25) is 0 Å². The van der Waals surface area contributed by atoms with Crippen LogP contribution in [0.25, 0.3) is 0 Å². The molecule has 0 aliphatic rings. The molecule has 0 bridgehead atoms. The van der Waals surface area contributed by atoms with E-state index in [1.54, 1.807) is 0 Å². The quantitative estimate of drug-likeness (QED) is 0.736. The fraction of sp³-hybridized carbons (Fsp3) is 0.429. The fourth-order valence-corrected chi connectivity index (χ4v) is 1.31. The van der Waals surface area contributed by atoms with E-state index in [4.69, 9.17) is 0 Å². The van der Waals surface area contributed by atoms with E-state index in [-0.39, 0.29) is 0 Å². The largest absolute Gasteiger partial charge is 0.382 e. The lowest BCUT2D eigenvalue weighted by atomic mass is 10.1. The lowest BCUT2D eigenvalue weighted by Gasteiger charge is -2.11. The molecule has 0 atom stereocenters. The molecule has 1 aromatic rings. The molecule has 0 aliphatic heterocycles. The highest BCUT2D eigenvalue weighted by Crippen LogP contribution is 2.14. The topological polar surface area (TPSA) is 12.0 Å². The summed E-state index contributed by atoms with van der Waals surface area (Å²) in [6.07, 6.45) is 2.09. The van der Waals surface area contributed by atoms with Crippen LogP contribution in [0, 0.1) is 11.8 Å². The molecule has 0 radical (unpaired) electrons. The van der Waals surface area contributed by atoms with Crippen molar-refractivity contribution in [3.8, 4) is 11.8 Å². The van der Waals surface area contributed by atoms with Gasteiger partial charge in [0.05, 0.1) is 5.69 Å². The lowest BCUT2D eigenvalue weighted by molar-refractivity contribution is 0.899. The Morgan fingerprint density at radius 3 is 2.67 bits per heavy atom. The Balaban J connectivity index is 2.83. The maximum Gasteiger partial charge on any atom is 0.0501 e. The molecule has 0 amide bonds. The maximum absolute atomic E-state index is 3.40. The van der Waals surface area contributed by atoms with Crippen molar-refractivity contribution in [1.29, 1.82) is 0 Å². The van der Waals surface area contributed by atoms with Crippen LogP contribution in [0.5, 0.6) is 0 Å². The molecule has 0 saturated heterocycles. The van der Waals surface area contributed by atoms with Gasteiger partial charge in [-0.15, -0.1) is 0 Å². The van der Waals surface area contributed by atoms with Crippen LogP contribution in [0.3, 0.4) is 0 Å². The molecule has 0 aromatic heterocycles. The average molecular weight is 201 g/mol. The molecular formula is C14H19N. The number of unbranched alkanes of at least 4 members (excludes halogenated alkanes) is 1. The van der Waals surface area contributed by atoms with Crippen LogP contribution < -0.4 is 5.32 Å². The molecule has 0 heterocycles. The predicted octanol–water partition coefficient (Wildman–Crippen LogP) is 3.66. The highest BCUT2D eigenvalue weighted by Gasteiger charge is 1.99. The molecule has 1 aromatic carbocycles. The van der Waals surface area contributed by atoms with E-state index in [9.17, 15) is 0 Å². The van der Waals surface area contributed by atoms with Crippen molar-refractivity contribution in [2.24, 2.45) is 0 Å². The number of rotatable bonds is 3. The van der Waals surface area contributed by atoms with Crippen molar-refractivity contribution >= 4 is 5.69 Å². The van der Waals surface area contributed by atoms with Gasteiger partial charge in [-0.05, 0) is 32.4 Å². The number of hydrogen-bond donors (Lipinski definition) is 1. The monoisotopic (exact) mass is 201 g/mol. The van der Waals surface area contributed by atoms with E-state index >= 15 is 0 Å². The summed E-state index contributed by atoms with van der Waals surface area (Å²) in [5.74, 6) is 6.38. The summed E-state index contributed by atoms with van der Waals surface area (Å²) in [6, 6.07) is 8.65. The van der Waals surface area contributed by atoms with E-state index in [1.165, 1.54) is 0 Å². The van der Waals surface area contributed by atoms with E-state index in [0.29, 0.717) is 6.04 Å². The zero-order valence-corrected chi connectivity index (χ0v) is 9.80. The number of anilines is 1. The molecule has 0 unspecified atom stereocenters. The van der Waals surface area contributed by atoms with Gasteiger partial charge >= 0.3 is 0 Å². The molecule has 0 saturated carbocycles. The Morgan fingerprint density at radius 1 is 1.27 bits per heavy atom. The van der Waals surface area contributed by atoms with Crippen LogP contribution in [-0.2, 0) is 0 Å². The van der Waals surface area contributed by atoms with Crippen molar-refractivity contribution in [1.82, 2.24) is 0 Å².